The van der Waals surface area contributed by atoms with Crippen LogP contribution in [-0.2, 0) is 28.1 Å². The van der Waals surface area contributed by atoms with Gasteiger partial charge in [0.2, 0.25) is 5.91 Å². The first-order valence-corrected chi connectivity index (χ1v) is 8.98. The number of nitrogens with one attached hydrogen (secondary N) is 2. The van der Waals surface area contributed by atoms with Crippen molar-refractivity contribution in [2.45, 2.75) is 31.3 Å². The standard InChI is InChI=1S/C16H18IN3O5S/c17-24-16(23)13(20-14(21)6-5-11(18)15(22)25-26)8-10-7-9-3-1-2-4-12(9)19-10/h1-4,7,11,13,19,26H,5-6,8,18H2,(H,20,21). The van der Waals surface area contributed by atoms with Gasteiger partial charge in [-0.3, -0.25) is 4.79 Å². The molecule has 0 fully saturated rings. The summed E-state index contributed by atoms with van der Waals surface area (Å²) in [5.74, 6) is -1.71. The van der Waals surface area contributed by atoms with Crippen molar-refractivity contribution in [1.82, 2.24) is 10.3 Å². The van der Waals surface area contributed by atoms with Gasteiger partial charge in [-0.15, -0.1) is 0 Å². The molecule has 0 saturated carbocycles. The van der Waals surface area contributed by atoms with E-state index in [1.54, 1.807) is 0 Å². The normalized spacial score (nSPS) is 13.0. The van der Waals surface area contributed by atoms with Crippen molar-refractivity contribution < 1.29 is 21.6 Å². The minimum Gasteiger partial charge on any atom is -0.393 e. The van der Waals surface area contributed by atoms with Gasteiger partial charge in [-0.2, -0.15) is 0 Å². The Morgan fingerprint density at radius 2 is 2.00 bits per heavy atom. The number of thiol groups is 1. The Morgan fingerprint density at radius 1 is 1.27 bits per heavy atom. The molecule has 8 nitrogen and oxygen atoms in total. The molecule has 2 unspecified atom stereocenters. The predicted octanol–water partition coefficient (Wildman–Crippen LogP) is 1.58. The highest BCUT2D eigenvalue weighted by Gasteiger charge is 2.24. The highest BCUT2D eigenvalue weighted by Crippen LogP contribution is 2.16. The number of carbonyl (C=O) groups excluding carboxylic acids is 3. The summed E-state index contributed by atoms with van der Waals surface area (Å²) in [5, 5.41) is 3.61. The number of benzene rings is 1. The number of fused-ring (bicyclic) bond motifs is 1. The van der Waals surface area contributed by atoms with Gasteiger partial charge in [0.1, 0.15) is 12.1 Å². The molecule has 0 aliphatic rings. The number of rotatable bonds is 8. The Kier molecular flexibility index (Phi) is 7.72. The minimum absolute atomic E-state index is 0.0399. The molecule has 1 amide bonds. The monoisotopic (exact) mass is 491 g/mol. The number of para-hydroxylation sites is 1. The molecular weight excluding hydrogens is 473 g/mol. The van der Waals surface area contributed by atoms with Gasteiger partial charge in [0, 0.05) is 37.0 Å². The molecule has 2 atom stereocenters. The second-order valence-corrected chi connectivity index (χ2v) is 6.28. The van der Waals surface area contributed by atoms with Crippen molar-refractivity contribution in [2.75, 3.05) is 0 Å². The molecule has 2 aromatic rings. The number of aromatic amines is 1. The lowest BCUT2D eigenvalue weighted by molar-refractivity contribution is -0.137. The third-order valence-corrected chi connectivity index (χ3v) is 4.39. The van der Waals surface area contributed by atoms with Crippen LogP contribution < -0.4 is 11.1 Å². The molecule has 0 bridgehead atoms. The van der Waals surface area contributed by atoms with Crippen LogP contribution in [0.3, 0.4) is 0 Å². The van der Waals surface area contributed by atoms with E-state index in [1.807, 2.05) is 30.3 Å². The first kappa shape index (κ1) is 20.5. The van der Waals surface area contributed by atoms with Gasteiger partial charge in [0.05, 0.1) is 0 Å². The Labute approximate surface area is 169 Å². The first-order valence-electron chi connectivity index (χ1n) is 7.74. The Balaban J connectivity index is 1.99. The topological polar surface area (TPSA) is 124 Å². The lowest BCUT2D eigenvalue weighted by Gasteiger charge is -2.16. The fourth-order valence-corrected chi connectivity index (χ4v) is 2.89. The number of H-pyrrole nitrogens is 1. The van der Waals surface area contributed by atoms with Crippen LogP contribution >= 0.6 is 35.9 Å². The molecule has 10 heteroatoms. The average molecular weight is 491 g/mol. The van der Waals surface area contributed by atoms with Crippen molar-refractivity contribution in [3.63, 3.8) is 0 Å². The molecule has 26 heavy (non-hydrogen) atoms. The first-order chi connectivity index (χ1) is 12.4. The third kappa shape index (κ3) is 5.61. The molecule has 140 valence electrons. The van der Waals surface area contributed by atoms with Gasteiger partial charge in [-0.05, 0) is 23.9 Å². The maximum Gasteiger partial charge on any atom is 0.338 e. The number of hydrogen-bond acceptors (Lipinski definition) is 7. The molecule has 1 aromatic carbocycles. The van der Waals surface area contributed by atoms with Gasteiger partial charge < -0.3 is 23.3 Å². The molecule has 2 rings (SSSR count). The van der Waals surface area contributed by atoms with Crippen LogP contribution in [0.5, 0.6) is 0 Å². The van der Waals surface area contributed by atoms with Gasteiger partial charge in [-0.1, -0.05) is 18.2 Å². The number of carbonyl (C=O) groups is 3. The largest absolute Gasteiger partial charge is 0.393 e. The zero-order chi connectivity index (χ0) is 19.1. The maximum atomic E-state index is 12.1. The second-order valence-electron chi connectivity index (χ2n) is 5.66. The molecule has 0 spiro atoms. The zero-order valence-corrected chi connectivity index (χ0v) is 16.7. The van der Waals surface area contributed by atoms with Crippen LogP contribution in [0.25, 0.3) is 10.9 Å². The van der Waals surface area contributed by atoms with E-state index in [0.29, 0.717) is 0 Å². The van der Waals surface area contributed by atoms with E-state index in [0.717, 1.165) is 16.6 Å². The number of aromatic nitrogens is 1. The maximum absolute atomic E-state index is 12.1. The van der Waals surface area contributed by atoms with Gasteiger partial charge in [0.15, 0.2) is 23.0 Å². The molecule has 0 saturated heterocycles. The summed E-state index contributed by atoms with van der Waals surface area (Å²) in [5.41, 5.74) is 7.28. The van der Waals surface area contributed by atoms with Crippen molar-refractivity contribution in [1.29, 1.82) is 0 Å². The summed E-state index contributed by atoms with van der Waals surface area (Å²) >= 11 is 4.85. The SMILES string of the molecule is NC(CCC(=O)NC(Cc1cc2ccccc2[nH]1)C(=O)OI)C(=O)OS. The quantitative estimate of drug-likeness (QED) is 0.253. The molecule has 0 radical (unpaired) electrons. The minimum atomic E-state index is -0.957. The fourth-order valence-electron chi connectivity index (χ4n) is 2.45. The number of nitrogens with two attached hydrogens (primary N) is 1. The summed E-state index contributed by atoms with van der Waals surface area (Å²) in [4.78, 5) is 38.5. The van der Waals surface area contributed by atoms with Crippen LogP contribution in [0.1, 0.15) is 18.5 Å². The van der Waals surface area contributed by atoms with Crippen molar-refractivity contribution >= 4 is 64.7 Å². The lowest BCUT2D eigenvalue weighted by atomic mass is 10.1. The van der Waals surface area contributed by atoms with Gasteiger partial charge >= 0.3 is 11.9 Å². The smallest absolute Gasteiger partial charge is 0.338 e. The molecule has 0 aliphatic heterocycles. The lowest BCUT2D eigenvalue weighted by Crippen LogP contribution is -2.43. The molecule has 1 aromatic heterocycles. The fraction of sp³-hybridized carbons (Fsp3) is 0.312. The number of halogens is 1. The number of amides is 1. The summed E-state index contributed by atoms with van der Waals surface area (Å²) in [6.07, 6.45) is 0.276. The van der Waals surface area contributed by atoms with Crippen molar-refractivity contribution in [3.8, 4) is 0 Å². The Bertz CT molecular complexity index is 764. The highest BCUT2D eigenvalue weighted by molar-refractivity contribution is 14.1. The van der Waals surface area contributed by atoms with Crippen LogP contribution in [0.2, 0.25) is 0 Å². The van der Waals surface area contributed by atoms with E-state index in [9.17, 15) is 14.4 Å². The predicted molar refractivity (Wildman–Crippen MR) is 106 cm³/mol. The van der Waals surface area contributed by atoms with Crippen LogP contribution in [0.15, 0.2) is 30.3 Å². The average Bonchev–Trinajstić information content (AvgIpc) is 3.06. The van der Waals surface area contributed by atoms with Crippen LogP contribution in [0.4, 0.5) is 0 Å². The molecular formula is C16H18IN3O5S. The van der Waals surface area contributed by atoms with Crippen molar-refractivity contribution in [3.05, 3.63) is 36.0 Å². The highest BCUT2D eigenvalue weighted by atomic mass is 127. The molecule has 0 aliphatic carbocycles. The van der Waals surface area contributed by atoms with Gasteiger partial charge in [-0.25, -0.2) is 9.59 Å². The second kappa shape index (κ2) is 9.78. The third-order valence-electron chi connectivity index (χ3n) is 3.78. The van der Waals surface area contributed by atoms with E-state index >= 15 is 0 Å². The Hall–Kier alpha value is -1.79. The van der Waals surface area contributed by atoms with E-state index in [1.165, 1.54) is 23.0 Å². The van der Waals surface area contributed by atoms with E-state index in [-0.39, 0.29) is 19.3 Å². The Morgan fingerprint density at radius 3 is 2.65 bits per heavy atom. The van der Waals surface area contributed by atoms with E-state index < -0.39 is 29.9 Å². The van der Waals surface area contributed by atoms with Crippen LogP contribution in [0, 0.1) is 0 Å². The molecule has 1 heterocycles. The van der Waals surface area contributed by atoms with Gasteiger partial charge in [0.25, 0.3) is 0 Å². The number of hydrogen-bond donors (Lipinski definition) is 4. The summed E-state index contributed by atoms with van der Waals surface area (Å²) in [6, 6.07) is 7.78. The van der Waals surface area contributed by atoms with E-state index in [4.69, 9.17) is 8.80 Å². The van der Waals surface area contributed by atoms with Crippen molar-refractivity contribution in [2.24, 2.45) is 5.73 Å². The zero-order valence-electron chi connectivity index (χ0n) is 13.6. The van der Waals surface area contributed by atoms with Crippen LogP contribution in [-0.4, -0.2) is 34.9 Å². The summed E-state index contributed by atoms with van der Waals surface area (Å²) in [7, 11) is 0. The summed E-state index contributed by atoms with van der Waals surface area (Å²) in [6.45, 7) is 0. The molecule has 4 N–H and O–H groups in total. The summed E-state index contributed by atoms with van der Waals surface area (Å²) < 4.78 is 8.94. The van der Waals surface area contributed by atoms with E-state index in [2.05, 4.69) is 27.4 Å².